The van der Waals surface area contributed by atoms with Gasteiger partial charge in [0.15, 0.2) is 0 Å². The van der Waals surface area contributed by atoms with Crippen molar-refractivity contribution in [2.75, 3.05) is 0 Å². The normalized spacial score (nSPS) is 11.4. The highest BCUT2D eigenvalue weighted by atomic mass is 16.5. The predicted molar refractivity (Wildman–Crippen MR) is 64.5 cm³/mol. The van der Waals surface area contributed by atoms with E-state index in [0.29, 0.717) is 5.75 Å². The fourth-order valence-electron chi connectivity index (χ4n) is 1.54. The van der Waals surface area contributed by atoms with Crippen LogP contribution >= 0.6 is 0 Å². The summed E-state index contributed by atoms with van der Waals surface area (Å²) in [6.07, 6.45) is 0. The van der Waals surface area contributed by atoms with Crippen LogP contribution in [0, 0.1) is 4.91 Å². The summed E-state index contributed by atoms with van der Waals surface area (Å²) in [5, 5.41) is 5.15. The standard InChI is InChI=1S/C13H13NO2/c1-13(2,14-15)16-12-8-7-10-5-3-4-6-11(10)9-12/h3-9H,1-2H3. The molecule has 2 aromatic rings. The van der Waals surface area contributed by atoms with E-state index in [0.717, 1.165) is 10.8 Å². The van der Waals surface area contributed by atoms with Crippen molar-refractivity contribution in [2.24, 2.45) is 5.18 Å². The number of fused-ring (bicyclic) bond motifs is 1. The smallest absolute Gasteiger partial charge is 0.233 e. The molecule has 0 spiro atoms. The van der Waals surface area contributed by atoms with Crippen LogP contribution < -0.4 is 4.74 Å². The Labute approximate surface area is 94.0 Å². The summed E-state index contributed by atoms with van der Waals surface area (Å²) in [5.41, 5.74) is -1.03. The van der Waals surface area contributed by atoms with Crippen molar-refractivity contribution < 1.29 is 4.74 Å². The summed E-state index contributed by atoms with van der Waals surface area (Å²) in [6, 6.07) is 13.7. The highest BCUT2D eigenvalue weighted by Crippen LogP contribution is 2.24. The first kappa shape index (κ1) is 10.6. The van der Waals surface area contributed by atoms with Gasteiger partial charge in [-0.25, -0.2) is 0 Å². The molecular formula is C13H13NO2. The minimum absolute atomic E-state index is 0.656. The molecule has 82 valence electrons. The molecule has 0 saturated carbocycles. The molecule has 0 saturated heterocycles. The van der Waals surface area contributed by atoms with Gasteiger partial charge in [0.25, 0.3) is 0 Å². The van der Waals surface area contributed by atoms with E-state index in [-0.39, 0.29) is 0 Å². The Morgan fingerprint density at radius 2 is 1.75 bits per heavy atom. The van der Waals surface area contributed by atoms with Crippen molar-refractivity contribution in [3.05, 3.63) is 47.4 Å². The molecule has 0 heterocycles. The minimum Gasteiger partial charge on any atom is -0.463 e. The van der Waals surface area contributed by atoms with Crippen LogP contribution in [0.2, 0.25) is 0 Å². The fourth-order valence-corrected chi connectivity index (χ4v) is 1.54. The van der Waals surface area contributed by atoms with Gasteiger partial charge in [-0.05, 0) is 41.9 Å². The SMILES string of the molecule is CC(C)(N=O)Oc1ccc2ccccc2c1. The molecule has 16 heavy (non-hydrogen) atoms. The van der Waals surface area contributed by atoms with Crippen LogP contribution in [0.1, 0.15) is 13.8 Å². The van der Waals surface area contributed by atoms with Gasteiger partial charge in [0, 0.05) is 0 Å². The molecule has 0 atom stereocenters. The molecule has 0 aliphatic carbocycles. The lowest BCUT2D eigenvalue weighted by molar-refractivity contribution is 0.118. The second-order valence-electron chi connectivity index (χ2n) is 4.15. The summed E-state index contributed by atoms with van der Waals surface area (Å²) >= 11 is 0. The first-order valence-corrected chi connectivity index (χ1v) is 5.13. The van der Waals surface area contributed by atoms with E-state index < -0.39 is 5.72 Å². The van der Waals surface area contributed by atoms with Gasteiger partial charge in [0.1, 0.15) is 5.75 Å². The number of hydrogen-bond donors (Lipinski definition) is 0. The number of ether oxygens (including phenoxy) is 1. The van der Waals surface area contributed by atoms with E-state index in [1.807, 2.05) is 42.5 Å². The Morgan fingerprint density at radius 1 is 1.06 bits per heavy atom. The summed E-state index contributed by atoms with van der Waals surface area (Å²) in [4.78, 5) is 10.5. The Kier molecular flexibility index (Phi) is 2.60. The number of rotatable bonds is 3. The summed E-state index contributed by atoms with van der Waals surface area (Å²) in [7, 11) is 0. The van der Waals surface area contributed by atoms with E-state index >= 15 is 0 Å². The number of nitroso groups, excluding NO2 is 1. The van der Waals surface area contributed by atoms with Crippen molar-refractivity contribution in [3.63, 3.8) is 0 Å². The topological polar surface area (TPSA) is 38.7 Å². The Hall–Kier alpha value is -1.90. The molecule has 0 amide bonds. The van der Waals surface area contributed by atoms with Crippen molar-refractivity contribution in [3.8, 4) is 5.75 Å². The van der Waals surface area contributed by atoms with Crippen LogP contribution in [-0.2, 0) is 0 Å². The maximum atomic E-state index is 10.5. The largest absolute Gasteiger partial charge is 0.463 e. The lowest BCUT2D eigenvalue weighted by Crippen LogP contribution is -2.24. The zero-order valence-corrected chi connectivity index (χ0v) is 9.31. The molecule has 0 bridgehead atoms. The highest BCUT2D eigenvalue weighted by molar-refractivity contribution is 5.83. The molecule has 0 aromatic heterocycles. The van der Waals surface area contributed by atoms with Crippen molar-refractivity contribution in [1.29, 1.82) is 0 Å². The molecule has 0 aliphatic heterocycles. The van der Waals surface area contributed by atoms with Gasteiger partial charge >= 0.3 is 0 Å². The molecule has 2 aromatic carbocycles. The number of hydrogen-bond acceptors (Lipinski definition) is 3. The first-order chi connectivity index (χ1) is 7.61. The average molecular weight is 215 g/mol. The molecule has 0 radical (unpaired) electrons. The van der Waals surface area contributed by atoms with Gasteiger partial charge in [-0.2, -0.15) is 0 Å². The fraction of sp³-hybridized carbons (Fsp3) is 0.231. The van der Waals surface area contributed by atoms with E-state index in [2.05, 4.69) is 5.18 Å². The predicted octanol–water partition coefficient (Wildman–Crippen LogP) is 3.72. The molecule has 3 nitrogen and oxygen atoms in total. The van der Waals surface area contributed by atoms with E-state index in [9.17, 15) is 4.91 Å². The maximum absolute atomic E-state index is 10.5. The lowest BCUT2D eigenvalue weighted by atomic mass is 10.1. The zero-order chi connectivity index (χ0) is 11.6. The van der Waals surface area contributed by atoms with E-state index in [1.54, 1.807) is 13.8 Å². The van der Waals surface area contributed by atoms with Crippen LogP contribution in [-0.4, -0.2) is 5.72 Å². The zero-order valence-electron chi connectivity index (χ0n) is 9.31. The first-order valence-electron chi connectivity index (χ1n) is 5.13. The van der Waals surface area contributed by atoms with Crippen LogP contribution in [0.3, 0.4) is 0 Å². The average Bonchev–Trinajstić information content (AvgIpc) is 2.28. The minimum atomic E-state index is -1.03. The highest BCUT2D eigenvalue weighted by Gasteiger charge is 2.19. The Morgan fingerprint density at radius 3 is 2.44 bits per heavy atom. The van der Waals surface area contributed by atoms with Crippen molar-refractivity contribution in [2.45, 2.75) is 19.6 Å². The van der Waals surface area contributed by atoms with Crippen molar-refractivity contribution in [1.82, 2.24) is 0 Å². The molecule has 2 rings (SSSR count). The van der Waals surface area contributed by atoms with Gasteiger partial charge < -0.3 is 4.74 Å². The molecular weight excluding hydrogens is 202 g/mol. The van der Waals surface area contributed by atoms with E-state index in [4.69, 9.17) is 4.74 Å². The number of benzene rings is 2. The summed E-state index contributed by atoms with van der Waals surface area (Å²) in [6.45, 7) is 3.27. The van der Waals surface area contributed by atoms with Crippen LogP contribution in [0.25, 0.3) is 10.8 Å². The van der Waals surface area contributed by atoms with Gasteiger partial charge in [0.05, 0.1) is 0 Å². The summed E-state index contributed by atoms with van der Waals surface area (Å²) in [5.74, 6) is 0.656. The lowest BCUT2D eigenvalue weighted by Gasteiger charge is -2.18. The molecule has 0 fully saturated rings. The van der Waals surface area contributed by atoms with E-state index in [1.165, 1.54) is 0 Å². The van der Waals surface area contributed by atoms with Crippen LogP contribution in [0.4, 0.5) is 0 Å². The maximum Gasteiger partial charge on any atom is 0.233 e. The molecule has 3 heteroatoms. The van der Waals surface area contributed by atoms with Crippen LogP contribution in [0.5, 0.6) is 5.75 Å². The Bertz CT molecular complexity index is 520. The molecule has 0 N–H and O–H groups in total. The van der Waals surface area contributed by atoms with Gasteiger partial charge in [0.2, 0.25) is 5.72 Å². The monoisotopic (exact) mass is 215 g/mol. The Balaban J connectivity index is 2.36. The van der Waals surface area contributed by atoms with Crippen molar-refractivity contribution >= 4 is 10.8 Å². The number of nitrogens with zero attached hydrogens (tertiary/aromatic N) is 1. The summed E-state index contributed by atoms with van der Waals surface area (Å²) < 4.78 is 5.48. The third-order valence-corrected chi connectivity index (χ3v) is 2.31. The molecule has 0 aliphatic rings. The second kappa shape index (κ2) is 3.93. The van der Waals surface area contributed by atoms with Gasteiger partial charge in [-0.3, -0.25) is 0 Å². The second-order valence-corrected chi connectivity index (χ2v) is 4.15. The van der Waals surface area contributed by atoms with Gasteiger partial charge in [-0.15, -0.1) is 4.91 Å². The van der Waals surface area contributed by atoms with Crippen LogP contribution in [0.15, 0.2) is 47.6 Å². The third kappa shape index (κ3) is 2.19. The quantitative estimate of drug-likeness (QED) is 0.732. The van der Waals surface area contributed by atoms with Gasteiger partial charge in [-0.1, -0.05) is 30.3 Å². The molecule has 0 unspecified atom stereocenters. The third-order valence-electron chi connectivity index (χ3n) is 2.31.